The Morgan fingerprint density at radius 2 is 0.956 bits per heavy atom. The molecule has 0 spiro atoms. The second-order valence-corrected chi connectivity index (χ2v) is 11.4. The van der Waals surface area contributed by atoms with Gasteiger partial charge in [0.05, 0.1) is 0 Å². The lowest BCUT2D eigenvalue weighted by Gasteiger charge is -2.08. The Labute approximate surface area is 259 Å². The highest BCUT2D eigenvalue weighted by molar-refractivity contribution is 6.10. The van der Waals surface area contributed by atoms with Crippen LogP contribution in [-0.4, -0.2) is 19.5 Å². The zero-order valence-corrected chi connectivity index (χ0v) is 24.5. The molecule has 0 saturated heterocycles. The van der Waals surface area contributed by atoms with Gasteiger partial charge in [-0.1, -0.05) is 97.1 Å². The van der Waals surface area contributed by atoms with E-state index in [-0.39, 0.29) is 0 Å². The van der Waals surface area contributed by atoms with Crippen molar-refractivity contribution < 1.29 is 4.42 Å². The van der Waals surface area contributed by atoms with E-state index in [1.165, 1.54) is 27.4 Å². The van der Waals surface area contributed by atoms with Gasteiger partial charge in [-0.3, -0.25) is 0 Å². The van der Waals surface area contributed by atoms with Crippen molar-refractivity contribution in [2.24, 2.45) is 7.05 Å². The maximum Gasteiger partial charge on any atom is 0.164 e. The van der Waals surface area contributed by atoms with Gasteiger partial charge in [0, 0.05) is 56.3 Å². The monoisotopic (exact) mass is 578 g/mol. The lowest BCUT2D eigenvalue weighted by atomic mass is 10.0. The molecule has 0 N–H and O–H groups in total. The zero-order chi connectivity index (χ0) is 29.9. The Morgan fingerprint density at radius 3 is 1.67 bits per heavy atom. The zero-order valence-electron chi connectivity index (χ0n) is 24.5. The topological polar surface area (TPSA) is 56.7 Å². The van der Waals surface area contributed by atoms with E-state index in [9.17, 15) is 0 Å². The molecule has 0 bridgehead atoms. The number of furan rings is 1. The summed E-state index contributed by atoms with van der Waals surface area (Å²) in [5.74, 6) is 1.88. The largest absolute Gasteiger partial charge is 0.456 e. The molecule has 0 radical (unpaired) electrons. The van der Waals surface area contributed by atoms with E-state index in [1.807, 2.05) is 66.7 Å². The summed E-state index contributed by atoms with van der Waals surface area (Å²) in [7, 11) is 2.13. The first-order chi connectivity index (χ1) is 22.2. The van der Waals surface area contributed by atoms with Crippen LogP contribution in [0.25, 0.3) is 89.0 Å². The molecular formula is C40H26N4O. The first-order valence-corrected chi connectivity index (χ1v) is 15.0. The number of benzene rings is 6. The number of aromatic nitrogens is 4. The van der Waals surface area contributed by atoms with Crippen LogP contribution in [0.5, 0.6) is 0 Å². The molecule has 6 aromatic carbocycles. The molecular weight excluding hydrogens is 552 g/mol. The van der Waals surface area contributed by atoms with Crippen LogP contribution in [0, 0.1) is 0 Å². The van der Waals surface area contributed by atoms with Crippen molar-refractivity contribution in [3.8, 4) is 45.3 Å². The highest BCUT2D eigenvalue weighted by Crippen LogP contribution is 2.37. The molecule has 0 aliphatic carbocycles. The molecule has 0 unspecified atom stereocenters. The van der Waals surface area contributed by atoms with Gasteiger partial charge in [0.25, 0.3) is 0 Å². The van der Waals surface area contributed by atoms with E-state index in [1.54, 1.807) is 0 Å². The van der Waals surface area contributed by atoms with Crippen molar-refractivity contribution in [3.63, 3.8) is 0 Å². The van der Waals surface area contributed by atoms with Crippen molar-refractivity contribution >= 4 is 43.7 Å². The first-order valence-electron chi connectivity index (χ1n) is 15.0. The Balaban J connectivity index is 1.16. The maximum atomic E-state index is 6.39. The van der Waals surface area contributed by atoms with Gasteiger partial charge in [0.2, 0.25) is 0 Å². The van der Waals surface area contributed by atoms with Crippen LogP contribution in [0.3, 0.4) is 0 Å². The third-order valence-electron chi connectivity index (χ3n) is 8.68. The fourth-order valence-electron chi connectivity index (χ4n) is 6.38. The summed E-state index contributed by atoms with van der Waals surface area (Å²) in [4.78, 5) is 14.6. The minimum absolute atomic E-state index is 0.606. The van der Waals surface area contributed by atoms with Crippen LogP contribution in [0.15, 0.2) is 144 Å². The SMILES string of the molecule is Cn1c2ccccc2c2cc(-c3ccc4oc5cc(-c6nc(-c7ccccc7)nc(-c7ccccc7)n6)ccc5c4c3)ccc21. The summed E-state index contributed by atoms with van der Waals surface area (Å²) in [6.07, 6.45) is 0. The Hall–Kier alpha value is -6.07. The minimum atomic E-state index is 0.606. The Morgan fingerprint density at radius 1 is 0.400 bits per heavy atom. The van der Waals surface area contributed by atoms with E-state index in [2.05, 4.69) is 84.4 Å². The number of para-hydroxylation sites is 1. The van der Waals surface area contributed by atoms with Crippen molar-refractivity contribution in [3.05, 3.63) is 140 Å². The number of hydrogen-bond acceptors (Lipinski definition) is 4. The summed E-state index contributed by atoms with van der Waals surface area (Å²) in [6.45, 7) is 0. The van der Waals surface area contributed by atoms with Crippen molar-refractivity contribution in [2.75, 3.05) is 0 Å². The second-order valence-electron chi connectivity index (χ2n) is 11.4. The molecule has 0 saturated carbocycles. The molecule has 0 aliphatic heterocycles. The van der Waals surface area contributed by atoms with Crippen LogP contribution in [0.4, 0.5) is 0 Å². The normalized spacial score (nSPS) is 11.7. The van der Waals surface area contributed by atoms with E-state index >= 15 is 0 Å². The van der Waals surface area contributed by atoms with Gasteiger partial charge in [-0.15, -0.1) is 0 Å². The fourth-order valence-corrected chi connectivity index (χ4v) is 6.38. The van der Waals surface area contributed by atoms with Crippen LogP contribution in [0.1, 0.15) is 0 Å². The Kier molecular flexibility index (Phi) is 5.65. The number of aryl methyl sites for hydroxylation is 1. The summed E-state index contributed by atoms with van der Waals surface area (Å²) in [5.41, 5.74) is 9.21. The van der Waals surface area contributed by atoms with Crippen LogP contribution >= 0.6 is 0 Å². The molecule has 212 valence electrons. The fraction of sp³-hybridized carbons (Fsp3) is 0.0250. The summed E-state index contributed by atoms with van der Waals surface area (Å²) < 4.78 is 8.65. The third-order valence-corrected chi connectivity index (χ3v) is 8.68. The van der Waals surface area contributed by atoms with Crippen molar-refractivity contribution in [1.29, 1.82) is 0 Å². The van der Waals surface area contributed by atoms with Crippen LogP contribution in [-0.2, 0) is 7.05 Å². The quantitative estimate of drug-likeness (QED) is 0.208. The number of nitrogens with zero attached hydrogens (tertiary/aromatic N) is 4. The molecule has 5 heteroatoms. The van der Waals surface area contributed by atoms with E-state index < -0.39 is 0 Å². The second kappa shape index (κ2) is 10.00. The van der Waals surface area contributed by atoms with E-state index in [0.717, 1.165) is 44.2 Å². The molecule has 3 aromatic heterocycles. The predicted octanol–water partition coefficient (Wildman–Crippen LogP) is 10.1. The summed E-state index contributed by atoms with van der Waals surface area (Å²) in [5, 5.41) is 4.66. The molecule has 5 nitrogen and oxygen atoms in total. The van der Waals surface area contributed by atoms with E-state index in [4.69, 9.17) is 19.4 Å². The molecule has 3 heterocycles. The smallest absolute Gasteiger partial charge is 0.164 e. The molecule has 0 fully saturated rings. The van der Waals surface area contributed by atoms with Crippen molar-refractivity contribution in [1.82, 2.24) is 19.5 Å². The molecule has 45 heavy (non-hydrogen) atoms. The molecule has 0 aliphatic rings. The number of hydrogen-bond donors (Lipinski definition) is 0. The van der Waals surface area contributed by atoms with Gasteiger partial charge in [-0.2, -0.15) is 0 Å². The lowest BCUT2D eigenvalue weighted by Crippen LogP contribution is -2.00. The lowest BCUT2D eigenvalue weighted by molar-refractivity contribution is 0.669. The van der Waals surface area contributed by atoms with Gasteiger partial charge in [-0.25, -0.2) is 15.0 Å². The first kappa shape index (κ1) is 25.4. The molecule has 9 rings (SSSR count). The van der Waals surface area contributed by atoms with Gasteiger partial charge >= 0.3 is 0 Å². The maximum absolute atomic E-state index is 6.39. The summed E-state index contributed by atoms with van der Waals surface area (Å²) >= 11 is 0. The Bertz CT molecular complexity index is 2490. The standard InChI is InChI=1S/C40H26N4O/c1-44-34-15-9-8-14-30(34)32-22-27(17-20-35(32)44)28-18-21-36-33(23-28)31-19-16-29(24-37(31)45-36)40-42-38(25-10-4-2-5-11-25)41-39(43-40)26-12-6-3-7-13-26/h2-24H,1H3. The number of rotatable bonds is 4. The highest BCUT2D eigenvalue weighted by atomic mass is 16.3. The van der Waals surface area contributed by atoms with Crippen LogP contribution < -0.4 is 0 Å². The van der Waals surface area contributed by atoms with Gasteiger partial charge in [0.15, 0.2) is 17.5 Å². The van der Waals surface area contributed by atoms with E-state index in [0.29, 0.717) is 17.5 Å². The average molecular weight is 579 g/mol. The van der Waals surface area contributed by atoms with Gasteiger partial charge in [0.1, 0.15) is 11.2 Å². The predicted molar refractivity (Wildman–Crippen MR) is 183 cm³/mol. The van der Waals surface area contributed by atoms with Gasteiger partial charge < -0.3 is 8.98 Å². The molecule has 9 aromatic rings. The van der Waals surface area contributed by atoms with Crippen molar-refractivity contribution in [2.45, 2.75) is 0 Å². The number of fused-ring (bicyclic) bond motifs is 6. The van der Waals surface area contributed by atoms with Gasteiger partial charge in [-0.05, 0) is 53.6 Å². The van der Waals surface area contributed by atoms with Crippen LogP contribution in [0.2, 0.25) is 0 Å². The summed E-state index contributed by atoms with van der Waals surface area (Å²) in [6, 6.07) is 48.0. The average Bonchev–Trinajstić information content (AvgIpc) is 3.62. The molecule has 0 amide bonds. The molecule has 0 atom stereocenters. The highest BCUT2D eigenvalue weighted by Gasteiger charge is 2.16. The minimum Gasteiger partial charge on any atom is -0.456 e. The third kappa shape index (κ3) is 4.20.